The molecule has 122 valence electrons. The van der Waals surface area contributed by atoms with Crippen LogP contribution in [0.2, 0.25) is 0 Å². The van der Waals surface area contributed by atoms with Crippen molar-refractivity contribution in [2.45, 2.75) is 13.0 Å². The molecule has 0 aliphatic carbocycles. The van der Waals surface area contributed by atoms with Crippen molar-refractivity contribution in [2.24, 2.45) is 5.92 Å². The first-order valence-corrected chi connectivity index (χ1v) is 7.47. The van der Waals surface area contributed by atoms with Gasteiger partial charge in [-0.1, -0.05) is 42.5 Å². The van der Waals surface area contributed by atoms with Gasteiger partial charge in [-0.3, -0.25) is 0 Å². The Balaban J connectivity index is 1.75. The second-order valence-electron chi connectivity index (χ2n) is 5.33. The number of aliphatic hydroxyl groups excluding tert-OH is 1. The minimum atomic E-state index is -0.536. The highest BCUT2D eigenvalue weighted by Gasteiger charge is 2.11. The SMILES string of the molecule is O=C(NCC(CO)Cc1cccc(F)c1)OCc1ccccc1. The van der Waals surface area contributed by atoms with Crippen LogP contribution in [0.3, 0.4) is 0 Å². The van der Waals surface area contributed by atoms with Crippen molar-refractivity contribution >= 4 is 6.09 Å². The van der Waals surface area contributed by atoms with E-state index in [4.69, 9.17) is 4.74 Å². The fraction of sp³-hybridized carbons (Fsp3) is 0.278. The fourth-order valence-corrected chi connectivity index (χ4v) is 2.20. The Morgan fingerprint density at radius 2 is 1.87 bits per heavy atom. The summed E-state index contributed by atoms with van der Waals surface area (Å²) in [6.07, 6.45) is -0.0562. The molecule has 0 aliphatic rings. The summed E-state index contributed by atoms with van der Waals surface area (Å²) in [7, 11) is 0. The van der Waals surface area contributed by atoms with Crippen molar-refractivity contribution in [3.05, 3.63) is 71.5 Å². The van der Waals surface area contributed by atoms with Crippen LogP contribution in [0, 0.1) is 11.7 Å². The molecule has 0 aromatic heterocycles. The van der Waals surface area contributed by atoms with E-state index in [1.165, 1.54) is 12.1 Å². The highest BCUT2D eigenvalue weighted by molar-refractivity contribution is 5.67. The van der Waals surface area contributed by atoms with Crippen LogP contribution in [0.15, 0.2) is 54.6 Å². The predicted octanol–water partition coefficient (Wildman–Crippen LogP) is 2.90. The molecule has 0 heterocycles. The highest BCUT2D eigenvalue weighted by Crippen LogP contribution is 2.10. The van der Waals surface area contributed by atoms with E-state index in [9.17, 15) is 14.3 Å². The standard InChI is InChI=1S/C18H20FNO3/c19-17-8-4-7-15(10-17)9-16(12-21)11-20-18(22)23-13-14-5-2-1-3-6-14/h1-8,10,16,21H,9,11-13H2,(H,20,22). The summed E-state index contributed by atoms with van der Waals surface area (Å²) in [5.41, 5.74) is 1.68. The minimum Gasteiger partial charge on any atom is -0.445 e. The Kier molecular flexibility index (Phi) is 6.56. The number of carbonyl (C=O) groups is 1. The summed E-state index contributed by atoms with van der Waals surface area (Å²) in [4.78, 5) is 11.7. The van der Waals surface area contributed by atoms with Gasteiger partial charge in [-0.15, -0.1) is 0 Å². The van der Waals surface area contributed by atoms with Crippen molar-refractivity contribution in [2.75, 3.05) is 13.2 Å². The number of ether oxygens (including phenoxy) is 1. The molecule has 0 saturated carbocycles. The highest BCUT2D eigenvalue weighted by atomic mass is 19.1. The zero-order valence-electron chi connectivity index (χ0n) is 12.7. The number of hydrogen-bond acceptors (Lipinski definition) is 3. The fourth-order valence-electron chi connectivity index (χ4n) is 2.20. The van der Waals surface area contributed by atoms with Crippen LogP contribution in [0.5, 0.6) is 0 Å². The van der Waals surface area contributed by atoms with Gasteiger partial charge in [0.2, 0.25) is 0 Å². The molecule has 2 N–H and O–H groups in total. The van der Waals surface area contributed by atoms with Crippen LogP contribution in [-0.4, -0.2) is 24.4 Å². The van der Waals surface area contributed by atoms with E-state index in [2.05, 4.69) is 5.32 Å². The lowest BCUT2D eigenvalue weighted by Crippen LogP contribution is -2.32. The largest absolute Gasteiger partial charge is 0.445 e. The Bertz CT molecular complexity index is 619. The second kappa shape index (κ2) is 8.90. The van der Waals surface area contributed by atoms with Crippen molar-refractivity contribution < 1.29 is 19.0 Å². The first kappa shape index (κ1) is 17.0. The maximum atomic E-state index is 13.1. The number of alkyl carbamates (subject to hydrolysis) is 1. The van der Waals surface area contributed by atoms with Gasteiger partial charge in [0.25, 0.3) is 0 Å². The topological polar surface area (TPSA) is 58.6 Å². The van der Waals surface area contributed by atoms with Crippen LogP contribution in [0.4, 0.5) is 9.18 Å². The molecular formula is C18H20FNO3. The van der Waals surface area contributed by atoms with Gasteiger partial charge in [0.15, 0.2) is 0 Å². The van der Waals surface area contributed by atoms with Crippen molar-refractivity contribution in [3.8, 4) is 0 Å². The normalized spacial score (nSPS) is 11.7. The van der Waals surface area contributed by atoms with E-state index >= 15 is 0 Å². The summed E-state index contributed by atoms with van der Waals surface area (Å²) in [6, 6.07) is 15.6. The third-order valence-corrected chi connectivity index (χ3v) is 3.42. The molecule has 2 aromatic rings. The average Bonchev–Trinajstić information content (AvgIpc) is 2.57. The Labute approximate surface area is 134 Å². The third-order valence-electron chi connectivity index (χ3n) is 3.42. The second-order valence-corrected chi connectivity index (χ2v) is 5.33. The van der Waals surface area contributed by atoms with Gasteiger partial charge in [0.05, 0.1) is 0 Å². The maximum Gasteiger partial charge on any atom is 0.407 e. The number of rotatable bonds is 7. The number of amides is 1. The molecule has 0 spiro atoms. The number of carbonyl (C=O) groups excluding carboxylic acids is 1. The lowest BCUT2D eigenvalue weighted by Gasteiger charge is -2.15. The van der Waals surface area contributed by atoms with Crippen LogP contribution in [0.1, 0.15) is 11.1 Å². The quantitative estimate of drug-likeness (QED) is 0.825. The van der Waals surface area contributed by atoms with Crippen molar-refractivity contribution in [1.82, 2.24) is 5.32 Å². The van der Waals surface area contributed by atoms with Gasteiger partial charge in [-0.25, -0.2) is 9.18 Å². The maximum absolute atomic E-state index is 13.1. The summed E-state index contributed by atoms with van der Waals surface area (Å²) in [5.74, 6) is -0.504. The molecule has 1 unspecified atom stereocenters. The summed E-state index contributed by atoms with van der Waals surface area (Å²) in [5, 5.41) is 12.0. The first-order valence-electron chi connectivity index (χ1n) is 7.47. The monoisotopic (exact) mass is 317 g/mol. The lowest BCUT2D eigenvalue weighted by molar-refractivity contribution is 0.135. The smallest absolute Gasteiger partial charge is 0.407 e. The summed E-state index contributed by atoms with van der Waals surface area (Å²) in [6.45, 7) is 0.358. The summed E-state index contributed by atoms with van der Waals surface area (Å²) >= 11 is 0. The van der Waals surface area contributed by atoms with Gasteiger partial charge < -0.3 is 15.2 Å². The predicted molar refractivity (Wildman–Crippen MR) is 85.3 cm³/mol. The number of aliphatic hydroxyl groups is 1. The van der Waals surface area contributed by atoms with Crippen LogP contribution >= 0.6 is 0 Å². The minimum absolute atomic E-state index is 0.102. The molecule has 0 bridgehead atoms. The van der Waals surface area contributed by atoms with Crippen LogP contribution < -0.4 is 5.32 Å². The van der Waals surface area contributed by atoms with Crippen molar-refractivity contribution in [1.29, 1.82) is 0 Å². The molecule has 23 heavy (non-hydrogen) atoms. The van der Waals surface area contributed by atoms with Gasteiger partial charge >= 0.3 is 6.09 Å². The molecule has 1 atom stereocenters. The van der Waals surface area contributed by atoms with E-state index < -0.39 is 6.09 Å². The number of halogens is 1. The Hall–Kier alpha value is -2.40. The third kappa shape index (κ3) is 6.08. The van der Waals surface area contributed by atoms with E-state index in [1.807, 2.05) is 30.3 Å². The molecule has 2 aromatic carbocycles. The first-order chi connectivity index (χ1) is 11.2. The lowest BCUT2D eigenvalue weighted by atomic mass is 10.00. The van der Waals surface area contributed by atoms with Crippen LogP contribution in [-0.2, 0) is 17.8 Å². The number of nitrogens with one attached hydrogen (secondary N) is 1. The molecule has 0 fully saturated rings. The van der Waals surface area contributed by atoms with E-state index in [0.717, 1.165) is 11.1 Å². The Morgan fingerprint density at radius 3 is 2.57 bits per heavy atom. The van der Waals surface area contributed by atoms with Gasteiger partial charge in [-0.2, -0.15) is 0 Å². The zero-order valence-corrected chi connectivity index (χ0v) is 12.7. The molecule has 4 nitrogen and oxygen atoms in total. The molecule has 5 heteroatoms. The average molecular weight is 317 g/mol. The number of hydrogen-bond donors (Lipinski definition) is 2. The zero-order chi connectivity index (χ0) is 16.5. The van der Waals surface area contributed by atoms with E-state index in [-0.39, 0.29) is 31.5 Å². The van der Waals surface area contributed by atoms with Gasteiger partial charge in [0, 0.05) is 19.1 Å². The molecule has 2 rings (SSSR count). The number of benzene rings is 2. The molecule has 1 amide bonds. The van der Waals surface area contributed by atoms with Crippen LogP contribution in [0.25, 0.3) is 0 Å². The molecule has 0 saturated heterocycles. The van der Waals surface area contributed by atoms with Crippen molar-refractivity contribution in [3.63, 3.8) is 0 Å². The van der Waals surface area contributed by atoms with E-state index in [0.29, 0.717) is 6.42 Å². The summed E-state index contributed by atoms with van der Waals surface area (Å²) < 4.78 is 18.2. The Morgan fingerprint density at radius 1 is 1.13 bits per heavy atom. The van der Waals surface area contributed by atoms with Gasteiger partial charge in [0.1, 0.15) is 12.4 Å². The molecule has 0 aliphatic heterocycles. The van der Waals surface area contributed by atoms with Gasteiger partial charge in [-0.05, 0) is 29.7 Å². The molecule has 0 radical (unpaired) electrons. The van der Waals surface area contributed by atoms with E-state index in [1.54, 1.807) is 12.1 Å². The molecular weight excluding hydrogens is 297 g/mol.